The summed E-state index contributed by atoms with van der Waals surface area (Å²) in [4.78, 5) is 0. The predicted molar refractivity (Wildman–Crippen MR) is 109 cm³/mol. The molecule has 0 saturated heterocycles. The van der Waals surface area contributed by atoms with Crippen LogP contribution in [0.2, 0.25) is 5.02 Å². The molecule has 3 N–H and O–H groups in total. The Hall–Kier alpha value is -3.39. The minimum Gasteiger partial charge on any atom is -0.342 e. The van der Waals surface area contributed by atoms with Gasteiger partial charge in [0.15, 0.2) is 5.82 Å². The van der Waals surface area contributed by atoms with Crippen LogP contribution >= 0.6 is 11.6 Å². The Kier molecular flexibility index (Phi) is 4.70. The van der Waals surface area contributed by atoms with Gasteiger partial charge < -0.3 is 10.4 Å². The SMILES string of the molecule is Cc1nnc(N/N=C\c2cn(Cc3c(F)cccc3Cl)c3ccccc23)n1N. The van der Waals surface area contributed by atoms with E-state index < -0.39 is 0 Å². The molecule has 0 aliphatic heterocycles. The van der Waals surface area contributed by atoms with Crippen LogP contribution in [0, 0.1) is 12.7 Å². The molecule has 0 aliphatic rings. The lowest BCUT2D eigenvalue weighted by atomic mass is 10.2. The molecule has 0 unspecified atom stereocenters. The molecule has 28 heavy (non-hydrogen) atoms. The maximum absolute atomic E-state index is 14.2. The lowest BCUT2D eigenvalue weighted by Gasteiger charge is -2.08. The molecular weight excluding hydrogens is 381 g/mol. The zero-order chi connectivity index (χ0) is 19.7. The zero-order valence-electron chi connectivity index (χ0n) is 15.0. The van der Waals surface area contributed by atoms with Gasteiger partial charge in [-0.25, -0.2) is 14.5 Å². The van der Waals surface area contributed by atoms with E-state index >= 15 is 0 Å². The summed E-state index contributed by atoms with van der Waals surface area (Å²) in [6.07, 6.45) is 3.56. The van der Waals surface area contributed by atoms with Crippen molar-refractivity contribution < 1.29 is 4.39 Å². The Morgan fingerprint density at radius 2 is 2.04 bits per heavy atom. The van der Waals surface area contributed by atoms with Crippen LogP contribution in [0.1, 0.15) is 17.0 Å². The highest BCUT2D eigenvalue weighted by Gasteiger charge is 2.12. The largest absolute Gasteiger partial charge is 0.342 e. The lowest BCUT2D eigenvalue weighted by Crippen LogP contribution is -2.13. The van der Waals surface area contributed by atoms with Crippen molar-refractivity contribution in [2.45, 2.75) is 13.5 Å². The quantitative estimate of drug-likeness (QED) is 0.306. The molecule has 4 rings (SSSR count). The van der Waals surface area contributed by atoms with E-state index in [9.17, 15) is 4.39 Å². The number of hydrogen-bond donors (Lipinski definition) is 2. The van der Waals surface area contributed by atoms with Crippen LogP contribution in [0.3, 0.4) is 0 Å². The van der Waals surface area contributed by atoms with Gasteiger partial charge >= 0.3 is 0 Å². The van der Waals surface area contributed by atoms with Gasteiger partial charge in [-0.15, -0.1) is 10.2 Å². The average molecular weight is 398 g/mol. The van der Waals surface area contributed by atoms with Gasteiger partial charge in [0.05, 0.1) is 12.8 Å². The summed E-state index contributed by atoms with van der Waals surface area (Å²) in [7, 11) is 0. The summed E-state index contributed by atoms with van der Waals surface area (Å²) in [5.74, 6) is 6.36. The van der Waals surface area contributed by atoms with Crippen molar-refractivity contribution in [1.29, 1.82) is 0 Å². The molecule has 0 atom stereocenters. The predicted octanol–water partition coefficient (Wildman–Crippen LogP) is 3.54. The highest BCUT2D eigenvalue weighted by atomic mass is 35.5. The third-order valence-corrected chi connectivity index (χ3v) is 4.80. The van der Waals surface area contributed by atoms with Gasteiger partial charge in [-0.3, -0.25) is 0 Å². The number of aryl methyl sites for hydroxylation is 1. The first-order chi connectivity index (χ1) is 13.5. The topological polar surface area (TPSA) is 86.0 Å². The molecule has 9 heteroatoms. The van der Waals surface area contributed by atoms with Crippen molar-refractivity contribution in [1.82, 2.24) is 19.4 Å². The van der Waals surface area contributed by atoms with Crippen molar-refractivity contribution in [2.75, 3.05) is 11.3 Å². The fraction of sp³-hybridized carbons (Fsp3) is 0.105. The van der Waals surface area contributed by atoms with E-state index in [1.54, 1.807) is 25.3 Å². The third-order valence-electron chi connectivity index (χ3n) is 4.44. The van der Waals surface area contributed by atoms with Crippen LogP contribution in [-0.2, 0) is 6.54 Å². The van der Waals surface area contributed by atoms with E-state index in [4.69, 9.17) is 17.4 Å². The van der Waals surface area contributed by atoms with Gasteiger partial charge in [0.2, 0.25) is 0 Å². The molecule has 0 bridgehead atoms. The van der Waals surface area contributed by atoms with Gasteiger partial charge in [-0.1, -0.05) is 35.9 Å². The van der Waals surface area contributed by atoms with Gasteiger partial charge in [0.25, 0.3) is 5.95 Å². The number of nitrogens with one attached hydrogen (secondary N) is 1. The Labute approximate surface area is 165 Å². The summed E-state index contributed by atoms with van der Waals surface area (Å²) in [6.45, 7) is 2.05. The van der Waals surface area contributed by atoms with Crippen molar-refractivity contribution in [2.24, 2.45) is 5.10 Å². The second kappa shape index (κ2) is 7.32. The monoisotopic (exact) mass is 397 g/mol. The lowest BCUT2D eigenvalue weighted by molar-refractivity contribution is 0.602. The van der Waals surface area contributed by atoms with Crippen molar-refractivity contribution in [3.63, 3.8) is 0 Å². The van der Waals surface area contributed by atoms with Gasteiger partial charge in [0, 0.05) is 33.2 Å². The number of halogens is 2. The van der Waals surface area contributed by atoms with Crippen LogP contribution in [0.4, 0.5) is 10.3 Å². The Balaban J connectivity index is 1.66. The molecule has 7 nitrogen and oxygen atoms in total. The second-order valence-electron chi connectivity index (χ2n) is 6.24. The first-order valence-corrected chi connectivity index (χ1v) is 8.89. The van der Waals surface area contributed by atoms with Crippen molar-refractivity contribution >= 4 is 34.7 Å². The summed E-state index contributed by atoms with van der Waals surface area (Å²) in [5, 5.41) is 13.3. The number of hydrogen-bond acceptors (Lipinski definition) is 5. The van der Waals surface area contributed by atoms with E-state index in [2.05, 4.69) is 20.7 Å². The van der Waals surface area contributed by atoms with E-state index in [0.29, 0.717) is 28.9 Å². The van der Waals surface area contributed by atoms with E-state index in [1.165, 1.54) is 10.7 Å². The second-order valence-corrected chi connectivity index (χ2v) is 6.65. The number of rotatable bonds is 5. The number of benzene rings is 2. The normalized spacial score (nSPS) is 11.5. The third kappa shape index (κ3) is 3.29. The number of hydrazone groups is 1. The molecule has 2 aromatic heterocycles. The van der Waals surface area contributed by atoms with Gasteiger partial charge in [-0.2, -0.15) is 5.10 Å². The summed E-state index contributed by atoms with van der Waals surface area (Å²) in [5.41, 5.74) is 5.01. The average Bonchev–Trinajstić information content (AvgIpc) is 3.20. The Bertz CT molecular complexity index is 1160. The molecule has 0 amide bonds. The van der Waals surface area contributed by atoms with Crippen LogP contribution < -0.4 is 11.3 Å². The number of fused-ring (bicyclic) bond motifs is 1. The maximum Gasteiger partial charge on any atom is 0.263 e. The molecule has 2 aromatic carbocycles. The fourth-order valence-corrected chi connectivity index (χ4v) is 3.19. The molecule has 0 spiro atoms. The molecule has 2 heterocycles. The molecule has 0 radical (unpaired) electrons. The molecular formula is C19H17ClFN7. The Morgan fingerprint density at radius 1 is 1.21 bits per heavy atom. The summed E-state index contributed by atoms with van der Waals surface area (Å²) in [6, 6.07) is 12.5. The van der Waals surface area contributed by atoms with E-state index in [-0.39, 0.29) is 5.82 Å². The number of aromatic nitrogens is 4. The van der Waals surface area contributed by atoms with Gasteiger partial charge in [0.1, 0.15) is 5.82 Å². The minimum absolute atomic E-state index is 0.309. The number of anilines is 1. The molecule has 0 saturated carbocycles. The van der Waals surface area contributed by atoms with Crippen LogP contribution in [-0.4, -0.2) is 25.7 Å². The zero-order valence-corrected chi connectivity index (χ0v) is 15.7. The maximum atomic E-state index is 14.2. The van der Waals surface area contributed by atoms with Crippen LogP contribution in [0.15, 0.2) is 53.8 Å². The summed E-state index contributed by atoms with van der Waals surface area (Å²) >= 11 is 6.19. The molecule has 4 aromatic rings. The molecule has 0 aliphatic carbocycles. The van der Waals surface area contributed by atoms with Crippen LogP contribution in [0.5, 0.6) is 0 Å². The minimum atomic E-state index is -0.334. The number of para-hydroxylation sites is 1. The fourth-order valence-electron chi connectivity index (χ4n) is 2.97. The first-order valence-electron chi connectivity index (χ1n) is 8.51. The van der Waals surface area contributed by atoms with Crippen molar-refractivity contribution in [3.8, 4) is 0 Å². The number of nitrogens with zero attached hydrogens (tertiary/aromatic N) is 5. The van der Waals surface area contributed by atoms with E-state index in [0.717, 1.165) is 16.5 Å². The van der Waals surface area contributed by atoms with Crippen LogP contribution in [0.25, 0.3) is 10.9 Å². The van der Waals surface area contributed by atoms with Crippen molar-refractivity contribution in [3.05, 3.63) is 76.5 Å². The number of nitrogen functional groups attached to an aromatic ring is 1. The smallest absolute Gasteiger partial charge is 0.263 e. The Morgan fingerprint density at radius 3 is 2.79 bits per heavy atom. The standard InChI is InChI=1S/C19H17ClFN7/c1-12-24-26-19(28(12)22)25-23-9-13-10-27(18-8-3-2-5-14(13)18)11-15-16(20)6-4-7-17(15)21/h2-10H,11,22H2,1H3,(H,25,26)/b23-9-. The summed E-state index contributed by atoms with van der Waals surface area (Å²) < 4.78 is 17.5. The number of nitrogens with two attached hydrogens (primary N) is 1. The highest BCUT2D eigenvalue weighted by molar-refractivity contribution is 6.31. The van der Waals surface area contributed by atoms with Gasteiger partial charge in [-0.05, 0) is 25.1 Å². The molecule has 0 fully saturated rings. The van der Waals surface area contributed by atoms with E-state index in [1.807, 2.05) is 35.0 Å². The highest BCUT2D eigenvalue weighted by Crippen LogP contribution is 2.25. The first kappa shape index (κ1) is 18.0. The molecule has 142 valence electrons.